The predicted octanol–water partition coefficient (Wildman–Crippen LogP) is 3.32. The molecule has 2 aromatic rings. The van der Waals surface area contributed by atoms with E-state index in [4.69, 9.17) is 9.52 Å². The van der Waals surface area contributed by atoms with Gasteiger partial charge in [0.25, 0.3) is 6.01 Å². The van der Waals surface area contributed by atoms with E-state index in [1.807, 2.05) is 4.90 Å². The van der Waals surface area contributed by atoms with Crippen LogP contribution >= 0.6 is 0 Å². The molecule has 1 aliphatic rings. The van der Waals surface area contributed by atoms with Gasteiger partial charge in [-0.05, 0) is 17.7 Å². The summed E-state index contributed by atoms with van der Waals surface area (Å²) >= 11 is 0. The molecule has 7 nitrogen and oxygen atoms in total. The van der Waals surface area contributed by atoms with Gasteiger partial charge in [-0.15, -0.1) is 0 Å². The maximum absolute atomic E-state index is 12.7. The Morgan fingerprint density at radius 1 is 1.27 bits per heavy atom. The van der Waals surface area contributed by atoms with Crippen molar-refractivity contribution in [2.45, 2.75) is 25.4 Å². The van der Waals surface area contributed by atoms with E-state index in [1.54, 1.807) is 0 Å². The van der Waals surface area contributed by atoms with E-state index >= 15 is 0 Å². The molecular formula is C18H18F5N3O4. The molecule has 1 aromatic heterocycles. The van der Waals surface area contributed by atoms with Crippen molar-refractivity contribution in [3.63, 3.8) is 0 Å². The van der Waals surface area contributed by atoms with Crippen LogP contribution in [0.5, 0.6) is 0 Å². The van der Waals surface area contributed by atoms with E-state index in [1.165, 1.54) is 17.0 Å². The van der Waals surface area contributed by atoms with Crippen molar-refractivity contribution in [3.8, 4) is 0 Å². The summed E-state index contributed by atoms with van der Waals surface area (Å²) in [6, 6.07) is 4.07. The number of carboxylic acids is 1. The first-order valence-electron chi connectivity index (χ1n) is 8.87. The fourth-order valence-corrected chi connectivity index (χ4v) is 3.20. The number of aromatic nitrogens is 1. The van der Waals surface area contributed by atoms with Gasteiger partial charge in [-0.25, -0.2) is 9.78 Å². The minimum Gasteiger partial charge on any atom is -0.475 e. The molecule has 0 spiro atoms. The standard InChI is InChI=1S/C18H18F5N3O4/c19-16(20)29-10-13-9-25(8-11-1-3-12(4-2-11)18(21,22)23)5-6-26(13)17-24-7-14(30-17)15(27)28/h1-4,7,13,16H,5-6,8-10H2,(H,27,28). The van der Waals surface area contributed by atoms with Crippen molar-refractivity contribution in [2.75, 3.05) is 31.1 Å². The summed E-state index contributed by atoms with van der Waals surface area (Å²) < 4.78 is 72.8. The number of oxazole rings is 1. The van der Waals surface area contributed by atoms with Gasteiger partial charge in [-0.2, -0.15) is 22.0 Å². The Bertz CT molecular complexity index is 856. The summed E-state index contributed by atoms with van der Waals surface area (Å²) in [5, 5.41) is 8.96. The van der Waals surface area contributed by atoms with Gasteiger partial charge in [-0.1, -0.05) is 12.1 Å². The second kappa shape index (κ2) is 8.96. The van der Waals surface area contributed by atoms with Crippen molar-refractivity contribution in [3.05, 3.63) is 47.3 Å². The van der Waals surface area contributed by atoms with Crippen molar-refractivity contribution in [1.29, 1.82) is 0 Å². The zero-order chi connectivity index (χ0) is 21.9. The van der Waals surface area contributed by atoms with E-state index in [2.05, 4.69) is 9.72 Å². The van der Waals surface area contributed by atoms with E-state index in [0.717, 1.165) is 18.3 Å². The first-order chi connectivity index (χ1) is 14.1. The molecule has 1 unspecified atom stereocenters. The van der Waals surface area contributed by atoms with Gasteiger partial charge >= 0.3 is 18.8 Å². The van der Waals surface area contributed by atoms with Crippen LogP contribution in [-0.2, 0) is 17.5 Å². The average molecular weight is 435 g/mol. The first-order valence-corrected chi connectivity index (χ1v) is 8.87. The van der Waals surface area contributed by atoms with E-state index < -0.39 is 30.4 Å². The van der Waals surface area contributed by atoms with Crippen LogP contribution in [0.2, 0.25) is 0 Å². The van der Waals surface area contributed by atoms with Gasteiger partial charge in [0, 0.05) is 26.2 Å². The monoisotopic (exact) mass is 435 g/mol. The lowest BCUT2D eigenvalue weighted by molar-refractivity contribution is -0.137. The van der Waals surface area contributed by atoms with Crippen LogP contribution < -0.4 is 4.90 Å². The second-order valence-corrected chi connectivity index (χ2v) is 6.68. The van der Waals surface area contributed by atoms with Gasteiger partial charge in [0.05, 0.1) is 24.4 Å². The van der Waals surface area contributed by atoms with Crippen LogP contribution in [0.4, 0.5) is 28.0 Å². The number of carbonyl (C=O) groups is 1. The molecule has 0 aliphatic carbocycles. The molecule has 0 amide bonds. The van der Waals surface area contributed by atoms with Crippen molar-refractivity contribution in [1.82, 2.24) is 9.88 Å². The number of carboxylic acid groups (broad SMARTS) is 1. The minimum absolute atomic E-state index is 0.0237. The topological polar surface area (TPSA) is 79.0 Å². The number of halogens is 5. The van der Waals surface area contributed by atoms with E-state index in [0.29, 0.717) is 18.7 Å². The van der Waals surface area contributed by atoms with Gasteiger partial charge in [0.1, 0.15) is 0 Å². The molecule has 0 bridgehead atoms. The molecule has 12 heteroatoms. The number of piperazine rings is 1. The van der Waals surface area contributed by atoms with Crippen molar-refractivity contribution >= 4 is 12.0 Å². The number of aromatic carboxylic acids is 1. The molecule has 0 saturated carbocycles. The Hall–Kier alpha value is -2.73. The molecule has 1 aromatic carbocycles. The highest BCUT2D eigenvalue weighted by Gasteiger charge is 2.32. The first kappa shape index (κ1) is 22.0. The predicted molar refractivity (Wildman–Crippen MR) is 93.3 cm³/mol. The van der Waals surface area contributed by atoms with Crippen LogP contribution in [0.1, 0.15) is 21.7 Å². The summed E-state index contributed by atoms with van der Waals surface area (Å²) in [6.45, 7) is -2.11. The van der Waals surface area contributed by atoms with E-state index in [-0.39, 0.29) is 31.5 Å². The van der Waals surface area contributed by atoms with Crippen molar-refractivity contribution in [2.24, 2.45) is 0 Å². The lowest BCUT2D eigenvalue weighted by atomic mass is 10.1. The van der Waals surface area contributed by atoms with Gasteiger partial charge in [-0.3, -0.25) is 4.90 Å². The Morgan fingerprint density at radius 3 is 2.53 bits per heavy atom. The Labute approximate surface area is 167 Å². The molecular weight excluding hydrogens is 417 g/mol. The third kappa shape index (κ3) is 5.45. The minimum atomic E-state index is -4.42. The molecule has 1 N–H and O–H groups in total. The quantitative estimate of drug-likeness (QED) is 0.669. The highest BCUT2D eigenvalue weighted by molar-refractivity contribution is 5.84. The average Bonchev–Trinajstić information content (AvgIpc) is 3.16. The molecule has 3 rings (SSSR count). The van der Waals surface area contributed by atoms with Gasteiger partial charge in [0.2, 0.25) is 5.76 Å². The molecule has 2 heterocycles. The number of anilines is 1. The number of hydrogen-bond acceptors (Lipinski definition) is 6. The van der Waals surface area contributed by atoms with Gasteiger partial charge < -0.3 is 19.2 Å². The number of alkyl halides is 5. The normalized spacial score (nSPS) is 18.2. The summed E-state index contributed by atoms with van der Waals surface area (Å²) in [4.78, 5) is 18.3. The number of nitrogens with zero attached hydrogens (tertiary/aromatic N) is 3. The van der Waals surface area contributed by atoms with Crippen LogP contribution in [0.3, 0.4) is 0 Å². The fraction of sp³-hybridized carbons (Fsp3) is 0.444. The van der Waals surface area contributed by atoms with Crippen LogP contribution in [0, 0.1) is 0 Å². The summed E-state index contributed by atoms with van der Waals surface area (Å²) in [6.07, 6.45) is -3.40. The highest BCUT2D eigenvalue weighted by Crippen LogP contribution is 2.29. The maximum atomic E-state index is 12.7. The molecule has 1 fully saturated rings. The SMILES string of the molecule is O=C(O)c1cnc(N2CCN(Cc3ccc(C(F)(F)F)cc3)CC2COC(F)F)o1. The highest BCUT2D eigenvalue weighted by atomic mass is 19.4. The zero-order valence-corrected chi connectivity index (χ0v) is 15.5. The molecule has 0 radical (unpaired) electrons. The number of benzene rings is 1. The smallest absolute Gasteiger partial charge is 0.416 e. The lowest BCUT2D eigenvalue weighted by Crippen LogP contribution is -2.55. The lowest BCUT2D eigenvalue weighted by Gasteiger charge is -2.40. The summed E-state index contributed by atoms with van der Waals surface area (Å²) in [7, 11) is 0. The molecule has 1 atom stereocenters. The summed E-state index contributed by atoms with van der Waals surface area (Å²) in [5.74, 6) is -1.69. The number of rotatable bonds is 7. The fourth-order valence-electron chi connectivity index (χ4n) is 3.20. The second-order valence-electron chi connectivity index (χ2n) is 6.68. The van der Waals surface area contributed by atoms with Crippen LogP contribution in [0.15, 0.2) is 34.9 Å². The largest absolute Gasteiger partial charge is 0.475 e. The number of ether oxygens (including phenoxy) is 1. The summed E-state index contributed by atoms with van der Waals surface area (Å²) in [5.41, 5.74) is -0.119. The Balaban J connectivity index is 1.69. The third-order valence-corrected chi connectivity index (χ3v) is 4.62. The third-order valence-electron chi connectivity index (χ3n) is 4.62. The zero-order valence-electron chi connectivity index (χ0n) is 15.5. The molecule has 1 saturated heterocycles. The van der Waals surface area contributed by atoms with E-state index in [9.17, 15) is 26.7 Å². The maximum Gasteiger partial charge on any atom is 0.416 e. The molecule has 164 valence electrons. The number of hydrogen-bond donors (Lipinski definition) is 1. The Morgan fingerprint density at radius 2 is 1.97 bits per heavy atom. The van der Waals surface area contributed by atoms with Gasteiger partial charge in [0.15, 0.2) is 0 Å². The molecule has 1 aliphatic heterocycles. The Kier molecular flexibility index (Phi) is 6.56. The van der Waals surface area contributed by atoms with Crippen LogP contribution in [0.25, 0.3) is 0 Å². The van der Waals surface area contributed by atoms with Crippen molar-refractivity contribution < 1.29 is 41.0 Å². The van der Waals surface area contributed by atoms with Crippen LogP contribution in [-0.4, -0.2) is 59.9 Å². The molecule has 30 heavy (non-hydrogen) atoms.